The summed E-state index contributed by atoms with van der Waals surface area (Å²) in [6.07, 6.45) is 0.709. The molecular weight excluding hydrogens is 230 g/mol. The molecule has 0 radical (unpaired) electrons. The maximum absolute atomic E-state index is 9.93. The number of rotatable bonds is 5. The van der Waals surface area contributed by atoms with Crippen LogP contribution in [0.5, 0.6) is 0 Å². The van der Waals surface area contributed by atoms with Gasteiger partial charge in [0.2, 0.25) is 0 Å². The standard InChI is InChI=1S/C14H23NOS/c1-10-5-6-13(7-11(10)2)17-12(3)8-14(4,16)9-15/h5-7,12,16H,8-9,15H2,1-4H3. The normalized spacial score (nSPS) is 16.6. The van der Waals surface area contributed by atoms with E-state index in [0.29, 0.717) is 18.2 Å². The maximum Gasteiger partial charge on any atom is 0.0752 e. The topological polar surface area (TPSA) is 46.2 Å². The van der Waals surface area contributed by atoms with Crippen molar-refractivity contribution in [1.82, 2.24) is 0 Å². The number of aliphatic hydroxyl groups is 1. The molecule has 1 rings (SSSR count). The third-order valence-electron chi connectivity index (χ3n) is 2.98. The zero-order valence-electron chi connectivity index (χ0n) is 11.2. The van der Waals surface area contributed by atoms with Gasteiger partial charge in [-0.25, -0.2) is 0 Å². The average molecular weight is 253 g/mol. The lowest BCUT2D eigenvalue weighted by Gasteiger charge is -2.24. The molecule has 3 heteroatoms. The molecule has 0 aromatic heterocycles. The van der Waals surface area contributed by atoms with Crippen molar-refractivity contribution in [2.75, 3.05) is 6.54 Å². The molecule has 0 saturated carbocycles. The Hall–Kier alpha value is -0.510. The monoisotopic (exact) mass is 253 g/mol. The molecule has 0 fully saturated rings. The van der Waals surface area contributed by atoms with E-state index in [2.05, 4.69) is 39.0 Å². The third kappa shape index (κ3) is 4.70. The summed E-state index contributed by atoms with van der Waals surface area (Å²) in [6.45, 7) is 8.48. The van der Waals surface area contributed by atoms with Gasteiger partial charge in [0, 0.05) is 16.7 Å². The Bertz CT molecular complexity index is 376. The van der Waals surface area contributed by atoms with Gasteiger partial charge in [-0.2, -0.15) is 0 Å². The molecule has 2 nitrogen and oxygen atoms in total. The lowest BCUT2D eigenvalue weighted by molar-refractivity contribution is 0.0608. The molecule has 1 aromatic carbocycles. The van der Waals surface area contributed by atoms with Crippen LogP contribution >= 0.6 is 11.8 Å². The fraction of sp³-hybridized carbons (Fsp3) is 0.571. The van der Waals surface area contributed by atoms with Crippen LogP contribution in [0.3, 0.4) is 0 Å². The van der Waals surface area contributed by atoms with Crippen molar-refractivity contribution in [3.05, 3.63) is 29.3 Å². The van der Waals surface area contributed by atoms with Gasteiger partial charge >= 0.3 is 0 Å². The Kier molecular flexibility index (Phi) is 5.04. The molecule has 0 aliphatic rings. The second-order valence-corrected chi connectivity index (χ2v) is 6.59. The van der Waals surface area contributed by atoms with Crippen molar-refractivity contribution in [2.24, 2.45) is 5.73 Å². The number of hydrogen-bond donors (Lipinski definition) is 2. The van der Waals surface area contributed by atoms with Crippen LogP contribution in [-0.4, -0.2) is 22.5 Å². The molecule has 0 aliphatic carbocycles. The number of hydrogen-bond acceptors (Lipinski definition) is 3. The Morgan fingerprint density at radius 1 is 1.35 bits per heavy atom. The molecule has 0 spiro atoms. The lowest BCUT2D eigenvalue weighted by Crippen LogP contribution is -2.36. The molecule has 3 N–H and O–H groups in total. The van der Waals surface area contributed by atoms with E-state index in [9.17, 15) is 5.11 Å². The minimum atomic E-state index is -0.758. The van der Waals surface area contributed by atoms with Crippen molar-refractivity contribution >= 4 is 11.8 Å². The molecule has 0 aliphatic heterocycles. The van der Waals surface area contributed by atoms with Crippen molar-refractivity contribution in [3.63, 3.8) is 0 Å². The van der Waals surface area contributed by atoms with Gasteiger partial charge < -0.3 is 10.8 Å². The van der Waals surface area contributed by atoms with Crippen molar-refractivity contribution in [1.29, 1.82) is 0 Å². The quantitative estimate of drug-likeness (QED) is 0.793. The molecule has 0 heterocycles. The van der Waals surface area contributed by atoms with E-state index in [1.807, 2.05) is 0 Å². The summed E-state index contributed by atoms with van der Waals surface area (Å²) in [6, 6.07) is 6.49. The summed E-state index contributed by atoms with van der Waals surface area (Å²) >= 11 is 1.79. The molecule has 2 atom stereocenters. The van der Waals surface area contributed by atoms with Gasteiger partial charge in [0.25, 0.3) is 0 Å². The minimum Gasteiger partial charge on any atom is -0.389 e. The van der Waals surface area contributed by atoms with Gasteiger partial charge in [-0.3, -0.25) is 0 Å². The highest BCUT2D eigenvalue weighted by atomic mass is 32.2. The molecule has 0 amide bonds. The highest BCUT2D eigenvalue weighted by Crippen LogP contribution is 2.29. The second-order valence-electron chi connectivity index (χ2n) is 5.08. The van der Waals surface area contributed by atoms with Gasteiger partial charge in [-0.1, -0.05) is 13.0 Å². The van der Waals surface area contributed by atoms with Crippen LogP contribution < -0.4 is 5.73 Å². The molecule has 0 bridgehead atoms. The molecule has 17 heavy (non-hydrogen) atoms. The number of benzene rings is 1. The Balaban J connectivity index is 2.62. The van der Waals surface area contributed by atoms with Crippen molar-refractivity contribution in [2.45, 2.75) is 49.9 Å². The van der Waals surface area contributed by atoms with E-state index in [4.69, 9.17) is 5.73 Å². The molecule has 96 valence electrons. The van der Waals surface area contributed by atoms with Crippen LogP contribution in [0, 0.1) is 13.8 Å². The van der Waals surface area contributed by atoms with E-state index < -0.39 is 5.60 Å². The predicted octanol–water partition coefficient (Wildman–Crippen LogP) is 2.88. The fourth-order valence-electron chi connectivity index (χ4n) is 1.76. The van der Waals surface area contributed by atoms with E-state index in [1.165, 1.54) is 16.0 Å². The van der Waals surface area contributed by atoms with Gasteiger partial charge in [0.15, 0.2) is 0 Å². The van der Waals surface area contributed by atoms with Gasteiger partial charge in [-0.05, 0) is 50.5 Å². The van der Waals surface area contributed by atoms with Gasteiger partial charge in [0.05, 0.1) is 5.60 Å². The molecule has 2 unspecified atom stereocenters. The van der Waals surface area contributed by atoms with Crippen LogP contribution in [-0.2, 0) is 0 Å². The Morgan fingerprint density at radius 2 is 2.00 bits per heavy atom. The van der Waals surface area contributed by atoms with Crippen LogP contribution in [0.4, 0.5) is 0 Å². The summed E-state index contributed by atoms with van der Waals surface area (Å²) in [5.74, 6) is 0. The first-order chi connectivity index (χ1) is 7.84. The first kappa shape index (κ1) is 14.6. The van der Waals surface area contributed by atoms with Crippen LogP contribution in [0.25, 0.3) is 0 Å². The van der Waals surface area contributed by atoms with Crippen molar-refractivity contribution < 1.29 is 5.11 Å². The number of nitrogens with two attached hydrogens (primary N) is 1. The summed E-state index contributed by atoms with van der Waals surface area (Å²) in [5.41, 5.74) is 7.40. The van der Waals surface area contributed by atoms with E-state index in [-0.39, 0.29) is 0 Å². The summed E-state index contributed by atoms with van der Waals surface area (Å²) < 4.78 is 0. The lowest BCUT2D eigenvalue weighted by atomic mass is 10.0. The highest BCUT2D eigenvalue weighted by Gasteiger charge is 2.21. The zero-order chi connectivity index (χ0) is 13.1. The van der Waals surface area contributed by atoms with Crippen LogP contribution in [0.15, 0.2) is 23.1 Å². The number of aryl methyl sites for hydroxylation is 2. The average Bonchev–Trinajstić information content (AvgIpc) is 2.23. The van der Waals surface area contributed by atoms with E-state index in [0.717, 1.165) is 0 Å². The first-order valence-corrected chi connectivity index (χ1v) is 6.88. The Labute approximate surface area is 109 Å². The second kappa shape index (κ2) is 5.89. The Morgan fingerprint density at radius 3 is 2.53 bits per heavy atom. The smallest absolute Gasteiger partial charge is 0.0752 e. The summed E-state index contributed by atoms with van der Waals surface area (Å²) in [5, 5.41) is 10.3. The fourth-order valence-corrected chi connectivity index (χ4v) is 3.06. The van der Waals surface area contributed by atoms with Crippen LogP contribution in [0.2, 0.25) is 0 Å². The van der Waals surface area contributed by atoms with Crippen molar-refractivity contribution in [3.8, 4) is 0 Å². The summed E-state index contributed by atoms with van der Waals surface area (Å²) in [7, 11) is 0. The minimum absolute atomic E-state index is 0.310. The third-order valence-corrected chi connectivity index (χ3v) is 4.08. The largest absolute Gasteiger partial charge is 0.389 e. The van der Waals surface area contributed by atoms with Crippen LogP contribution in [0.1, 0.15) is 31.4 Å². The summed E-state index contributed by atoms with van der Waals surface area (Å²) in [4.78, 5) is 1.26. The van der Waals surface area contributed by atoms with Gasteiger partial charge in [0.1, 0.15) is 0 Å². The van der Waals surface area contributed by atoms with E-state index >= 15 is 0 Å². The highest BCUT2D eigenvalue weighted by molar-refractivity contribution is 7.99. The van der Waals surface area contributed by atoms with Gasteiger partial charge in [-0.15, -0.1) is 11.8 Å². The SMILES string of the molecule is Cc1ccc(SC(C)CC(C)(O)CN)cc1C. The molecular formula is C14H23NOS. The first-order valence-electron chi connectivity index (χ1n) is 6.00. The number of thioether (sulfide) groups is 1. The molecule has 0 saturated heterocycles. The molecule has 1 aromatic rings. The zero-order valence-corrected chi connectivity index (χ0v) is 12.0. The van der Waals surface area contributed by atoms with E-state index in [1.54, 1.807) is 18.7 Å². The maximum atomic E-state index is 9.93. The predicted molar refractivity (Wildman–Crippen MR) is 75.5 cm³/mol.